The molecule has 0 amide bonds. The minimum atomic E-state index is -4.48. The summed E-state index contributed by atoms with van der Waals surface area (Å²) in [6.45, 7) is 0.499. The maximum atomic E-state index is 12.9. The minimum Gasteiger partial charge on any atom is -0.376 e. The van der Waals surface area contributed by atoms with Gasteiger partial charge >= 0.3 is 6.18 Å². The molecule has 0 spiro atoms. The number of amidine groups is 1. The molecule has 148 valence electrons. The Morgan fingerprint density at radius 1 is 1.31 bits per heavy atom. The van der Waals surface area contributed by atoms with Crippen LogP contribution in [-0.2, 0) is 12.6 Å². The summed E-state index contributed by atoms with van der Waals surface area (Å²) < 4.78 is 38.6. The van der Waals surface area contributed by atoms with Crippen molar-refractivity contribution < 1.29 is 13.2 Å². The summed E-state index contributed by atoms with van der Waals surface area (Å²) in [6, 6.07) is 7.65. The van der Waals surface area contributed by atoms with Gasteiger partial charge in [0.25, 0.3) is 0 Å². The van der Waals surface area contributed by atoms with E-state index in [0.717, 1.165) is 18.0 Å². The first kappa shape index (κ1) is 20.8. The summed E-state index contributed by atoms with van der Waals surface area (Å²) in [5.41, 5.74) is 1.21. The Morgan fingerprint density at radius 3 is 2.72 bits per heavy atom. The van der Waals surface area contributed by atoms with Crippen molar-refractivity contribution in [3.63, 3.8) is 0 Å². The number of pyridine rings is 1. The van der Waals surface area contributed by atoms with Gasteiger partial charge < -0.3 is 10.2 Å². The third-order valence-electron chi connectivity index (χ3n) is 4.35. The summed E-state index contributed by atoms with van der Waals surface area (Å²) in [6.07, 6.45) is -2.89. The van der Waals surface area contributed by atoms with Crippen LogP contribution < -0.4 is 10.8 Å². The highest BCUT2D eigenvalue weighted by Crippen LogP contribution is 2.29. The van der Waals surface area contributed by atoms with Crippen molar-refractivity contribution in [3.8, 4) is 0 Å². The lowest BCUT2D eigenvalue weighted by atomic mass is 9.94. The fourth-order valence-electron chi connectivity index (χ4n) is 2.78. The molecular weight excluding hydrogens is 398 g/mol. The monoisotopic (exact) mass is 415 g/mol. The van der Waals surface area contributed by atoms with E-state index in [2.05, 4.69) is 10.3 Å². The van der Waals surface area contributed by atoms with E-state index in [-0.39, 0.29) is 5.84 Å². The zero-order valence-electron chi connectivity index (χ0n) is 15.5. The van der Waals surface area contributed by atoms with Crippen LogP contribution in [0.2, 0.25) is 0 Å². The third kappa shape index (κ3) is 4.59. The molecule has 0 aliphatic heterocycles. The quantitative estimate of drug-likeness (QED) is 0.327. The summed E-state index contributed by atoms with van der Waals surface area (Å²) in [4.78, 5) is 5.07. The van der Waals surface area contributed by atoms with Gasteiger partial charge in [-0.3, -0.25) is 10.8 Å². The first-order valence-corrected chi connectivity index (χ1v) is 9.48. The second-order valence-corrected chi connectivity index (χ2v) is 7.26. The normalized spacial score (nSPS) is 11.4. The van der Waals surface area contributed by atoms with E-state index in [4.69, 9.17) is 18.7 Å². The van der Waals surface area contributed by atoms with Gasteiger partial charge in [-0.15, -0.1) is 11.3 Å². The van der Waals surface area contributed by atoms with Crippen LogP contribution in [0.5, 0.6) is 0 Å². The number of benzene rings is 1. The minimum absolute atomic E-state index is 0.107. The second-order valence-electron chi connectivity index (χ2n) is 6.38. The van der Waals surface area contributed by atoms with Crippen LogP contribution in [0.1, 0.15) is 16.8 Å². The molecule has 0 fully saturated rings. The number of fused-ring (bicyclic) bond motifs is 1. The second kappa shape index (κ2) is 8.24. The molecule has 2 aromatic heterocycles. The SMILES string of the molecule is [B]c1csc(NCCc2ccc3ccc(C(F)(F)F)nc3c2)c1C(=N)N(C)C=N. The molecule has 3 N–H and O–H groups in total. The number of hydrogen-bond acceptors (Lipinski definition) is 5. The highest BCUT2D eigenvalue weighted by atomic mass is 32.1. The van der Waals surface area contributed by atoms with Crippen molar-refractivity contribution in [2.24, 2.45) is 0 Å². The number of hydrogen-bond donors (Lipinski definition) is 3. The van der Waals surface area contributed by atoms with Crippen LogP contribution in [0.3, 0.4) is 0 Å². The summed E-state index contributed by atoms with van der Waals surface area (Å²) in [5.74, 6) is 0.107. The molecule has 2 radical (unpaired) electrons. The van der Waals surface area contributed by atoms with E-state index in [9.17, 15) is 13.2 Å². The molecule has 5 nitrogen and oxygen atoms in total. The largest absolute Gasteiger partial charge is 0.433 e. The van der Waals surface area contributed by atoms with Gasteiger partial charge in [0.05, 0.1) is 16.9 Å². The number of rotatable bonds is 6. The average Bonchev–Trinajstić information content (AvgIpc) is 3.05. The van der Waals surface area contributed by atoms with Gasteiger partial charge in [-0.05, 0) is 29.5 Å². The van der Waals surface area contributed by atoms with Gasteiger partial charge in [-0.25, -0.2) is 4.98 Å². The number of anilines is 1. The van der Waals surface area contributed by atoms with Crippen LogP contribution in [0.25, 0.3) is 10.9 Å². The van der Waals surface area contributed by atoms with Crippen molar-refractivity contribution in [1.29, 1.82) is 10.8 Å². The highest BCUT2D eigenvalue weighted by molar-refractivity contribution is 7.15. The van der Waals surface area contributed by atoms with Gasteiger partial charge in [0.2, 0.25) is 0 Å². The molecule has 0 saturated carbocycles. The standard InChI is InChI=1S/C19H17BF3N5S/c1-28(10-24)17(25)16-13(20)9-29-18(16)26-7-6-11-2-3-12-4-5-15(19(21,22)23)27-14(12)8-11/h2-5,8-10,24-26H,6-7H2,1H3. The molecule has 0 bridgehead atoms. The van der Waals surface area contributed by atoms with E-state index >= 15 is 0 Å². The molecule has 0 aliphatic rings. The van der Waals surface area contributed by atoms with Crippen LogP contribution in [0, 0.1) is 10.8 Å². The lowest BCUT2D eigenvalue weighted by Gasteiger charge is -2.16. The van der Waals surface area contributed by atoms with E-state index in [1.807, 2.05) is 6.07 Å². The smallest absolute Gasteiger partial charge is 0.376 e. The first-order chi connectivity index (χ1) is 13.7. The Bertz CT molecular complexity index is 1060. The van der Waals surface area contributed by atoms with Gasteiger partial charge in [0.15, 0.2) is 0 Å². The van der Waals surface area contributed by atoms with Gasteiger partial charge in [-0.2, -0.15) is 13.2 Å². The Labute approximate surface area is 171 Å². The maximum Gasteiger partial charge on any atom is 0.433 e. The van der Waals surface area contributed by atoms with Crippen LogP contribution in [0.15, 0.2) is 35.7 Å². The molecule has 3 rings (SSSR count). The number of nitrogens with one attached hydrogen (secondary N) is 3. The Morgan fingerprint density at radius 2 is 2.03 bits per heavy atom. The number of alkyl halides is 3. The number of thiophene rings is 1. The van der Waals surface area contributed by atoms with Gasteiger partial charge in [-0.1, -0.05) is 23.7 Å². The Hall–Kier alpha value is -2.88. The molecule has 0 saturated heterocycles. The topological polar surface area (TPSA) is 75.9 Å². The van der Waals surface area contributed by atoms with Crippen molar-refractivity contribution >= 4 is 52.7 Å². The summed E-state index contributed by atoms with van der Waals surface area (Å²) in [5, 5.41) is 21.7. The van der Waals surface area contributed by atoms with Crippen LogP contribution in [0.4, 0.5) is 18.2 Å². The number of nitrogens with zero attached hydrogens (tertiary/aromatic N) is 2. The average molecular weight is 415 g/mol. The Balaban J connectivity index is 1.73. The molecule has 10 heteroatoms. The molecule has 3 aromatic rings. The first-order valence-electron chi connectivity index (χ1n) is 8.60. The van der Waals surface area contributed by atoms with E-state index in [1.165, 1.54) is 22.3 Å². The molecule has 0 aliphatic carbocycles. The van der Waals surface area contributed by atoms with Crippen molar-refractivity contribution in [2.75, 3.05) is 18.9 Å². The lowest BCUT2D eigenvalue weighted by Crippen LogP contribution is -2.29. The Kier molecular flexibility index (Phi) is 5.92. The number of halogens is 3. The predicted molar refractivity (Wildman–Crippen MR) is 112 cm³/mol. The fraction of sp³-hybridized carbons (Fsp3) is 0.211. The van der Waals surface area contributed by atoms with Gasteiger partial charge in [0.1, 0.15) is 19.4 Å². The zero-order valence-corrected chi connectivity index (χ0v) is 16.3. The van der Waals surface area contributed by atoms with Crippen molar-refractivity contribution in [1.82, 2.24) is 9.88 Å². The molecule has 1 aromatic carbocycles. The van der Waals surface area contributed by atoms with E-state index < -0.39 is 11.9 Å². The molecule has 2 heterocycles. The molecule has 0 unspecified atom stereocenters. The predicted octanol–water partition coefficient (Wildman–Crippen LogP) is 3.63. The van der Waals surface area contributed by atoms with Crippen LogP contribution in [-0.4, -0.2) is 43.5 Å². The maximum absolute atomic E-state index is 12.9. The molecule has 0 atom stereocenters. The van der Waals surface area contributed by atoms with E-state index in [1.54, 1.807) is 24.6 Å². The molecule has 29 heavy (non-hydrogen) atoms. The zero-order chi connectivity index (χ0) is 21.2. The molecular formula is C19H17BF3N5S. The lowest BCUT2D eigenvalue weighted by molar-refractivity contribution is -0.140. The van der Waals surface area contributed by atoms with Crippen LogP contribution >= 0.6 is 11.3 Å². The number of aromatic nitrogens is 1. The summed E-state index contributed by atoms with van der Waals surface area (Å²) >= 11 is 1.36. The fourth-order valence-corrected chi connectivity index (χ4v) is 3.66. The highest BCUT2D eigenvalue weighted by Gasteiger charge is 2.32. The van der Waals surface area contributed by atoms with Crippen molar-refractivity contribution in [2.45, 2.75) is 12.6 Å². The van der Waals surface area contributed by atoms with E-state index in [0.29, 0.717) is 39.9 Å². The summed E-state index contributed by atoms with van der Waals surface area (Å²) in [7, 11) is 7.55. The third-order valence-corrected chi connectivity index (χ3v) is 5.30. The van der Waals surface area contributed by atoms with Gasteiger partial charge in [0, 0.05) is 24.5 Å². The van der Waals surface area contributed by atoms with Crippen molar-refractivity contribution in [3.05, 3.63) is 52.5 Å².